The van der Waals surface area contributed by atoms with Gasteiger partial charge in [-0.05, 0) is 101 Å². The molecule has 222 valence electrons. The number of hydrogen-bond acceptors (Lipinski definition) is 2. The third kappa shape index (κ3) is 5.33. The van der Waals surface area contributed by atoms with Crippen LogP contribution < -0.4 is 0 Å². The summed E-state index contributed by atoms with van der Waals surface area (Å²) in [7, 11) is 0. The van der Waals surface area contributed by atoms with Crippen molar-refractivity contribution < 1.29 is 0 Å². The third-order valence-electron chi connectivity index (χ3n) is 9.19. The Morgan fingerprint density at radius 2 is 0.933 bits per heavy atom. The van der Waals surface area contributed by atoms with Crippen LogP contribution >= 0.6 is 0 Å². The van der Waals surface area contributed by atoms with Gasteiger partial charge in [0.15, 0.2) is 0 Å². The molecule has 0 bridgehead atoms. The minimum absolute atomic E-state index is 1.00. The number of rotatable bonds is 8. The average molecular weight is 586 g/mol. The van der Waals surface area contributed by atoms with Crippen LogP contribution in [0.3, 0.4) is 0 Å². The zero-order chi connectivity index (χ0) is 30.9. The fourth-order valence-electron chi connectivity index (χ4n) is 6.67. The van der Waals surface area contributed by atoms with Gasteiger partial charge in [-0.3, -0.25) is 0 Å². The monoisotopic (exact) mass is 585 g/mol. The van der Waals surface area contributed by atoms with Crippen LogP contribution in [-0.2, 0) is 25.7 Å². The first kappa shape index (κ1) is 28.7. The van der Waals surface area contributed by atoms with E-state index in [9.17, 15) is 0 Å². The first-order chi connectivity index (χ1) is 22.1. The Bertz CT molecular complexity index is 2000. The molecule has 0 saturated carbocycles. The molecule has 0 aliphatic carbocycles. The van der Waals surface area contributed by atoms with E-state index >= 15 is 0 Å². The topological polar surface area (TPSA) is 30.7 Å². The second-order valence-corrected chi connectivity index (χ2v) is 11.9. The maximum atomic E-state index is 4.33. The highest BCUT2D eigenvalue weighted by molar-refractivity contribution is 6.12. The molecule has 2 aromatic heterocycles. The highest BCUT2D eigenvalue weighted by atomic mass is 15.0. The Labute approximate surface area is 266 Å². The Hall–Kier alpha value is -5.02. The van der Waals surface area contributed by atoms with Crippen molar-refractivity contribution in [3.8, 4) is 39.1 Å². The molecule has 0 aliphatic heterocycles. The zero-order valence-corrected chi connectivity index (χ0v) is 26.6. The second-order valence-electron chi connectivity index (χ2n) is 11.9. The molecule has 5 aromatic carbocycles. The van der Waals surface area contributed by atoms with E-state index in [0.29, 0.717) is 0 Å². The molecule has 0 spiro atoms. The van der Waals surface area contributed by atoms with Gasteiger partial charge in [0.2, 0.25) is 0 Å². The van der Waals surface area contributed by atoms with E-state index < -0.39 is 0 Å². The molecule has 0 fully saturated rings. The smallest absolute Gasteiger partial charge is 0.115 e. The van der Waals surface area contributed by atoms with E-state index in [1.807, 2.05) is 12.4 Å². The van der Waals surface area contributed by atoms with Gasteiger partial charge in [-0.2, -0.15) is 0 Å². The summed E-state index contributed by atoms with van der Waals surface area (Å²) in [4.78, 5) is 8.67. The molecule has 0 saturated heterocycles. The summed E-state index contributed by atoms with van der Waals surface area (Å²) >= 11 is 0. The number of aryl methyl sites for hydroxylation is 4. The normalized spacial score (nSPS) is 11.5. The van der Waals surface area contributed by atoms with Gasteiger partial charge in [0.05, 0.1) is 16.7 Å². The van der Waals surface area contributed by atoms with Crippen LogP contribution in [0.1, 0.15) is 49.9 Å². The Morgan fingerprint density at radius 1 is 0.467 bits per heavy atom. The van der Waals surface area contributed by atoms with E-state index in [2.05, 4.69) is 139 Å². The summed E-state index contributed by atoms with van der Waals surface area (Å²) in [5.74, 6) is 0. The summed E-state index contributed by atoms with van der Waals surface area (Å²) in [5, 5.41) is 2.51. The first-order valence-corrected chi connectivity index (χ1v) is 16.3. The van der Waals surface area contributed by atoms with Crippen LogP contribution in [0.4, 0.5) is 0 Å². The van der Waals surface area contributed by atoms with Crippen molar-refractivity contribution in [2.45, 2.75) is 53.4 Å². The number of nitrogens with zero attached hydrogens (tertiary/aromatic N) is 3. The van der Waals surface area contributed by atoms with Crippen LogP contribution in [-0.4, -0.2) is 14.5 Å². The maximum absolute atomic E-state index is 4.33. The van der Waals surface area contributed by atoms with E-state index in [4.69, 9.17) is 0 Å². The summed E-state index contributed by atoms with van der Waals surface area (Å²) < 4.78 is 2.42. The summed E-state index contributed by atoms with van der Waals surface area (Å²) in [6.45, 7) is 8.96. The molecule has 45 heavy (non-hydrogen) atoms. The zero-order valence-electron chi connectivity index (χ0n) is 26.6. The van der Waals surface area contributed by atoms with E-state index in [0.717, 1.165) is 42.5 Å². The lowest BCUT2D eigenvalue weighted by Gasteiger charge is -2.14. The van der Waals surface area contributed by atoms with Crippen molar-refractivity contribution >= 4 is 21.8 Å². The predicted octanol–water partition coefficient (Wildman–Crippen LogP) is 10.8. The van der Waals surface area contributed by atoms with Gasteiger partial charge in [0.1, 0.15) is 6.33 Å². The predicted molar refractivity (Wildman–Crippen MR) is 190 cm³/mol. The molecule has 3 nitrogen and oxygen atoms in total. The molecule has 0 radical (unpaired) electrons. The molecule has 0 atom stereocenters. The molecule has 0 amide bonds. The fraction of sp³-hybridized carbons (Fsp3) is 0.190. The Morgan fingerprint density at radius 3 is 1.40 bits per heavy atom. The lowest BCUT2D eigenvalue weighted by molar-refractivity contribution is 1.09. The first-order valence-electron chi connectivity index (χ1n) is 16.3. The molecular formula is C42H39N3. The van der Waals surface area contributed by atoms with Crippen LogP contribution in [0.15, 0.2) is 116 Å². The molecule has 7 aromatic rings. The number of para-hydroxylation sites is 1. The van der Waals surface area contributed by atoms with Crippen LogP contribution in [0.2, 0.25) is 0 Å². The molecule has 2 heterocycles. The lowest BCUT2D eigenvalue weighted by atomic mass is 9.95. The summed E-state index contributed by atoms with van der Waals surface area (Å²) in [6.07, 6.45) is 9.50. The standard InChI is InChI=1S/C42H39N3/c1-5-28-17-29(6-2)20-34(19-28)32-13-15-41-38(23-32)39-24-33(35-21-30(7-3)18-31(8-4)22-35)14-16-42(39)45(41)40-12-10-9-11-37(40)36-25-43-27-44-26-36/h9-27H,5-8H2,1-4H3. The SMILES string of the molecule is CCc1cc(CC)cc(-c2ccc3c(c2)c2cc(-c4cc(CC)cc(CC)c4)ccc2n3-c2ccccc2-c2cncnc2)c1. The van der Waals surface area contributed by atoms with Gasteiger partial charge in [0, 0.05) is 34.3 Å². The molecule has 0 aliphatic rings. The van der Waals surface area contributed by atoms with E-state index in [1.165, 1.54) is 66.3 Å². The lowest BCUT2D eigenvalue weighted by Crippen LogP contribution is -1.97. The van der Waals surface area contributed by atoms with E-state index in [1.54, 1.807) is 6.33 Å². The average Bonchev–Trinajstić information content (AvgIpc) is 3.44. The van der Waals surface area contributed by atoms with E-state index in [-0.39, 0.29) is 0 Å². The molecule has 3 heteroatoms. The highest BCUT2D eigenvalue weighted by Gasteiger charge is 2.18. The van der Waals surface area contributed by atoms with Crippen molar-refractivity contribution in [1.82, 2.24) is 14.5 Å². The Balaban J connectivity index is 1.52. The van der Waals surface area contributed by atoms with Gasteiger partial charge in [-0.15, -0.1) is 0 Å². The minimum atomic E-state index is 1.00. The van der Waals surface area contributed by atoms with Gasteiger partial charge in [0.25, 0.3) is 0 Å². The molecular weight excluding hydrogens is 546 g/mol. The van der Waals surface area contributed by atoms with Crippen molar-refractivity contribution in [2.24, 2.45) is 0 Å². The molecule has 0 unspecified atom stereocenters. The highest BCUT2D eigenvalue weighted by Crippen LogP contribution is 2.40. The van der Waals surface area contributed by atoms with Crippen LogP contribution in [0.5, 0.6) is 0 Å². The van der Waals surface area contributed by atoms with Gasteiger partial charge < -0.3 is 4.57 Å². The Kier molecular flexibility index (Phi) is 7.77. The number of fused-ring (bicyclic) bond motifs is 3. The maximum Gasteiger partial charge on any atom is 0.115 e. The fourth-order valence-corrected chi connectivity index (χ4v) is 6.67. The number of benzene rings is 5. The van der Waals surface area contributed by atoms with Crippen molar-refractivity contribution in [2.75, 3.05) is 0 Å². The van der Waals surface area contributed by atoms with Gasteiger partial charge >= 0.3 is 0 Å². The van der Waals surface area contributed by atoms with Crippen LogP contribution in [0.25, 0.3) is 60.9 Å². The molecule has 0 N–H and O–H groups in total. The second kappa shape index (κ2) is 12.2. The summed E-state index contributed by atoms with van der Waals surface area (Å²) in [6, 6.07) is 36.7. The van der Waals surface area contributed by atoms with Crippen molar-refractivity contribution in [3.05, 3.63) is 138 Å². The van der Waals surface area contributed by atoms with Gasteiger partial charge in [-0.25, -0.2) is 9.97 Å². The quantitative estimate of drug-likeness (QED) is 0.178. The minimum Gasteiger partial charge on any atom is -0.309 e. The van der Waals surface area contributed by atoms with Crippen LogP contribution in [0, 0.1) is 0 Å². The third-order valence-corrected chi connectivity index (χ3v) is 9.19. The number of aromatic nitrogens is 3. The van der Waals surface area contributed by atoms with Gasteiger partial charge in [-0.1, -0.05) is 94.4 Å². The molecule has 7 rings (SSSR count). The number of hydrogen-bond donors (Lipinski definition) is 0. The summed E-state index contributed by atoms with van der Waals surface area (Å²) in [5.41, 5.74) is 16.2. The largest absolute Gasteiger partial charge is 0.309 e. The van der Waals surface area contributed by atoms with Crippen molar-refractivity contribution in [1.29, 1.82) is 0 Å². The van der Waals surface area contributed by atoms with Crippen molar-refractivity contribution in [3.63, 3.8) is 0 Å².